The van der Waals surface area contributed by atoms with E-state index in [1.54, 1.807) is 30.3 Å². The molecule has 3 amide bonds. The average molecular weight is 964 g/mol. The Labute approximate surface area is 403 Å². The molecule has 0 atom stereocenters. The number of hydrogen-bond donors (Lipinski definition) is 3. The number of nitrogens with zero attached hydrogens (tertiary/aromatic N) is 10. The molecule has 3 aliphatic rings. The third-order valence-corrected chi connectivity index (χ3v) is 14.0. The quantitative estimate of drug-likeness (QED) is 0.0828. The molecular formula is C48H61N13O7S. The normalized spacial score (nSPS) is 16.1. The summed E-state index contributed by atoms with van der Waals surface area (Å²) in [5, 5.41) is 2.67. The Kier molecular flexibility index (Phi) is 17.0. The number of sulfone groups is 1. The molecule has 366 valence electrons. The van der Waals surface area contributed by atoms with Gasteiger partial charge in [-0.25, -0.2) is 33.4 Å². The van der Waals surface area contributed by atoms with E-state index in [1.807, 2.05) is 45.9 Å². The van der Waals surface area contributed by atoms with Crippen LogP contribution in [-0.2, 0) is 25.9 Å². The van der Waals surface area contributed by atoms with Crippen LogP contribution in [0.2, 0.25) is 0 Å². The Hall–Kier alpha value is -6.81. The van der Waals surface area contributed by atoms with Gasteiger partial charge in [0.2, 0.25) is 17.8 Å². The second kappa shape index (κ2) is 23.5. The van der Waals surface area contributed by atoms with E-state index in [-0.39, 0.29) is 34.6 Å². The van der Waals surface area contributed by atoms with Gasteiger partial charge in [-0.15, -0.1) is 0 Å². The van der Waals surface area contributed by atoms with Crippen molar-refractivity contribution in [1.29, 1.82) is 0 Å². The average Bonchev–Trinajstić information content (AvgIpc) is 3.59. The highest BCUT2D eigenvalue weighted by Crippen LogP contribution is 2.30. The van der Waals surface area contributed by atoms with Gasteiger partial charge in [-0.2, -0.15) is 0 Å². The highest BCUT2D eigenvalue weighted by atomic mass is 32.2. The number of carbonyl (C=O) groups excluding carboxylic acids is 3. The van der Waals surface area contributed by atoms with Gasteiger partial charge in [0, 0.05) is 120 Å². The monoisotopic (exact) mass is 963 g/mol. The number of carbonyl (C=O) groups is 3. The van der Waals surface area contributed by atoms with E-state index in [0.29, 0.717) is 120 Å². The number of rotatable bonds is 16. The van der Waals surface area contributed by atoms with E-state index in [2.05, 4.69) is 41.9 Å². The van der Waals surface area contributed by atoms with Crippen molar-refractivity contribution in [2.75, 3.05) is 115 Å². The van der Waals surface area contributed by atoms with E-state index < -0.39 is 15.7 Å². The molecule has 0 radical (unpaired) electrons. The summed E-state index contributed by atoms with van der Waals surface area (Å²) < 4.78 is 38.5. The van der Waals surface area contributed by atoms with Crippen LogP contribution in [0.5, 0.6) is 5.75 Å². The second-order valence-corrected chi connectivity index (χ2v) is 19.1. The van der Waals surface area contributed by atoms with Gasteiger partial charge in [-0.3, -0.25) is 19.3 Å². The van der Waals surface area contributed by atoms with Crippen LogP contribution in [0.3, 0.4) is 0 Å². The molecule has 5 N–H and O–H groups in total. The number of nitrogen functional groups attached to an aromatic ring is 1. The summed E-state index contributed by atoms with van der Waals surface area (Å²) in [6.45, 7) is 15.4. The minimum Gasteiger partial charge on any atom is -0.491 e. The molecule has 5 heterocycles. The number of anilines is 2. The van der Waals surface area contributed by atoms with Crippen LogP contribution in [0.1, 0.15) is 45.2 Å². The SMILES string of the molecule is C=NC(=N/C=C(\C)CN)N1CCN(C(=O)CCOCCN2CCN(c3ncc(C(=O)NCCS(=O)(=O)c4ccc(C(=O)N5CCOc6ccc(-c7ccc(N)nc7)cc6C5)c(C)c4)cn3)CC2)CC1. The Morgan fingerprint density at radius 3 is 2.32 bits per heavy atom. The van der Waals surface area contributed by atoms with E-state index in [4.69, 9.17) is 20.9 Å². The lowest BCUT2D eigenvalue weighted by molar-refractivity contribution is -0.133. The molecule has 4 aromatic rings. The molecule has 0 saturated carbocycles. The smallest absolute Gasteiger partial charge is 0.254 e. The summed E-state index contributed by atoms with van der Waals surface area (Å²) >= 11 is 0. The van der Waals surface area contributed by atoms with Crippen LogP contribution >= 0.6 is 0 Å². The summed E-state index contributed by atoms with van der Waals surface area (Å²) in [7, 11) is -3.81. The number of aryl methyl sites for hydroxylation is 1. The highest BCUT2D eigenvalue weighted by Gasteiger charge is 2.26. The molecule has 0 spiro atoms. The molecule has 2 fully saturated rings. The van der Waals surface area contributed by atoms with Crippen LogP contribution in [0.15, 0.2) is 93.8 Å². The van der Waals surface area contributed by atoms with Crippen molar-refractivity contribution in [3.8, 4) is 16.9 Å². The minimum absolute atomic E-state index is 0.0569. The van der Waals surface area contributed by atoms with Crippen molar-refractivity contribution in [2.24, 2.45) is 15.7 Å². The molecular weight excluding hydrogens is 903 g/mol. The number of aliphatic imine (C=N–C) groups is 2. The van der Waals surface area contributed by atoms with Crippen molar-refractivity contribution >= 4 is 52.0 Å². The number of fused-ring (bicyclic) bond motifs is 1. The van der Waals surface area contributed by atoms with Crippen molar-refractivity contribution in [3.05, 3.63) is 101 Å². The Bertz CT molecular complexity index is 2630. The van der Waals surface area contributed by atoms with Gasteiger partial charge in [-0.1, -0.05) is 6.07 Å². The van der Waals surface area contributed by atoms with Gasteiger partial charge in [-0.05, 0) is 79.7 Å². The van der Waals surface area contributed by atoms with Gasteiger partial charge >= 0.3 is 0 Å². The zero-order valence-electron chi connectivity index (χ0n) is 39.3. The Balaban J connectivity index is 0.796. The zero-order valence-corrected chi connectivity index (χ0v) is 40.1. The number of guanidine groups is 1. The van der Waals surface area contributed by atoms with Crippen molar-refractivity contribution in [2.45, 2.75) is 31.7 Å². The van der Waals surface area contributed by atoms with Crippen molar-refractivity contribution in [3.63, 3.8) is 0 Å². The highest BCUT2D eigenvalue weighted by molar-refractivity contribution is 7.91. The first-order valence-corrected chi connectivity index (χ1v) is 24.7. The first-order valence-electron chi connectivity index (χ1n) is 23.0. The topological polar surface area (TPSA) is 247 Å². The summed E-state index contributed by atoms with van der Waals surface area (Å²) in [4.78, 5) is 71.0. The van der Waals surface area contributed by atoms with Crippen LogP contribution in [-0.4, -0.2) is 177 Å². The molecule has 2 aromatic carbocycles. The van der Waals surface area contributed by atoms with Crippen LogP contribution in [0.4, 0.5) is 11.8 Å². The number of pyridine rings is 1. The number of hydrogen-bond acceptors (Lipinski definition) is 15. The fourth-order valence-electron chi connectivity index (χ4n) is 8.07. The molecule has 0 unspecified atom stereocenters. The van der Waals surface area contributed by atoms with Gasteiger partial charge in [0.15, 0.2) is 9.84 Å². The number of ether oxygens (including phenoxy) is 2. The van der Waals surface area contributed by atoms with Gasteiger partial charge in [0.25, 0.3) is 11.8 Å². The van der Waals surface area contributed by atoms with Gasteiger partial charge in [0.05, 0.1) is 42.4 Å². The van der Waals surface area contributed by atoms with E-state index >= 15 is 0 Å². The number of aromatic nitrogens is 3. The Morgan fingerprint density at radius 1 is 0.884 bits per heavy atom. The number of nitrogens with two attached hydrogens (primary N) is 2. The van der Waals surface area contributed by atoms with E-state index in [0.717, 1.165) is 41.9 Å². The zero-order chi connectivity index (χ0) is 48.9. The van der Waals surface area contributed by atoms with Crippen LogP contribution in [0.25, 0.3) is 11.1 Å². The molecule has 69 heavy (non-hydrogen) atoms. The predicted molar refractivity (Wildman–Crippen MR) is 264 cm³/mol. The largest absolute Gasteiger partial charge is 0.491 e. The lowest BCUT2D eigenvalue weighted by Gasteiger charge is -2.35. The van der Waals surface area contributed by atoms with Gasteiger partial charge in [0.1, 0.15) is 18.2 Å². The van der Waals surface area contributed by atoms with Gasteiger partial charge < -0.3 is 45.9 Å². The van der Waals surface area contributed by atoms with Crippen molar-refractivity contribution < 1.29 is 32.3 Å². The fraction of sp³-hybridized carbons (Fsp3) is 0.417. The van der Waals surface area contributed by atoms with Crippen LogP contribution < -0.4 is 26.4 Å². The summed E-state index contributed by atoms with van der Waals surface area (Å²) in [5.74, 6) is 1.13. The molecule has 3 aliphatic heterocycles. The molecule has 0 aliphatic carbocycles. The molecule has 21 heteroatoms. The minimum atomic E-state index is -3.81. The summed E-state index contributed by atoms with van der Waals surface area (Å²) in [6.07, 6.45) is 6.58. The third-order valence-electron chi connectivity index (χ3n) is 12.2. The first-order chi connectivity index (χ1) is 33.3. The molecule has 20 nitrogen and oxygen atoms in total. The number of benzene rings is 2. The second-order valence-electron chi connectivity index (χ2n) is 17.0. The maximum absolute atomic E-state index is 13.8. The standard InChI is InChI=1S/C48H61N13O7S/c1-34(28-49)29-54-47(51-3)59-18-16-58(17-19-59)44(62)10-22-67-23-20-57-12-14-60(15-13-57)48-55-31-39(32-56-48)45(63)52-11-25-69(65,66)40-6-7-41(35(2)26-40)46(64)61-21-24-68-42-8-4-36(27-38(42)33-61)37-5-9-43(50)53-30-37/h4-9,26-27,29-32H,3,10-25,28,33,49H2,1-2H3,(H2,50,53)(H,52,63)/b34-29+,54-47?. The van der Waals surface area contributed by atoms with E-state index in [9.17, 15) is 22.8 Å². The summed E-state index contributed by atoms with van der Waals surface area (Å²) in [5.41, 5.74) is 16.1. The lowest BCUT2D eigenvalue weighted by atomic mass is 10.0. The van der Waals surface area contributed by atoms with Crippen LogP contribution in [0, 0.1) is 6.92 Å². The molecule has 0 bridgehead atoms. The van der Waals surface area contributed by atoms with Crippen molar-refractivity contribution in [1.82, 2.24) is 39.9 Å². The third kappa shape index (κ3) is 13.3. The summed E-state index contributed by atoms with van der Waals surface area (Å²) in [6, 6.07) is 13.9. The number of amides is 3. The maximum atomic E-state index is 13.8. The predicted octanol–water partition coefficient (Wildman–Crippen LogP) is 2.26. The molecule has 2 aromatic heterocycles. The molecule has 2 saturated heterocycles. The molecule has 7 rings (SSSR count). The Morgan fingerprint density at radius 2 is 1.62 bits per heavy atom. The fourth-order valence-corrected chi connectivity index (χ4v) is 9.31. The van der Waals surface area contributed by atoms with E-state index in [1.165, 1.54) is 30.6 Å². The maximum Gasteiger partial charge on any atom is 0.254 e. The number of piperazine rings is 2. The lowest BCUT2D eigenvalue weighted by Crippen LogP contribution is -2.50. The first kappa shape index (κ1) is 50.1. The number of nitrogens with one attached hydrogen (secondary N) is 1.